The minimum absolute atomic E-state index is 0.133. The van der Waals surface area contributed by atoms with E-state index < -0.39 is 17.5 Å². The number of fused-ring (bicyclic) bond motifs is 1. The molecule has 19 heavy (non-hydrogen) atoms. The smallest absolute Gasteiger partial charge is 0.299 e. The van der Waals surface area contributed by atoms with Gasteiger partial charge in [-0.3, -0.25) is 9.59 Å². The van der Waals surface area contributed by atoms with Crippen LogP contribution in [-0.4, -0.2) is 31.8 Å². The summed E-state index contributed by atoms with van der Waals surface area (Å²) in [6.07, 6.45) is 0. The van der Waals surface area contributed by atoms with Crippen LogP contribution in [0.5, 0.6) is 0 Å². The van der Waals surface area contributed by atoms with Crippen molar-refractivity contribution in [2.24, 2.45) is 5.92 Å². The highest BCUT2D eigenvalue weighted by Crippen LogP contribution is 2.37. The normalized spacial score (nSPS) is 15.9. The molecule has 102 valence electrons. The number of rotatable bonds is 4. The Hall–Kier alpha value is -1.27. The lowest BCUT2D eigenvalue weighted by molar-refractivity contribution is -0.114. The molecule has 1 aliphatic heterocycles. The number of amides is 1. The van der Waals surface area contributed by atoms with Crippen molar-refractivity contribution >= 4 is 33.3 Å². The fraction of sp³-hybridized carbons (Fsp3) is 0.385. The molecule has 1 unspecified atom stereocenters. The summed E-state index contributed by atoms with van der Waals surface area (Å²) in [4.78, 5) is 25.3. The molecule has 6 heteroatoms. The molecule has 0 aliphatic carbocycles. The van der Waals surface area contributed by atoms with Crippen molar-refractivity contribution in [3.8, 4) is 0 Å². The number of hydrogen-bond acceptors (Lipinski definition) is 3. The van der Waals surface area contributed by atoms with Crippen LogP contribution in [0.3, 0.4) is 0 Å². The highest BCUT2D eigenvalue weighted by molar-refractivity contribution is 9.10. The van der Waals surface area contributed by atoms with Crippen LogP contribution in [0.2, 0.25) is 0 Å². The van der Waals surface area contributed by atoms with Gasteiger partial charge < -0.3 is 10.2 Å². The van der Waals surface area contributed by atoms with Gasteiger partial charge in [-0.15, -0.1) is 0 Å². The van der Waals surface area contributed by atoms with E-state index in [4.69, 9.17) is 0 Å². The molecule has 1 N–H and O–H groups in total. The molecule has 0 spiro atoms. The third-order valence-corrected chi connectivity index (χ3v) is 3.63. The topological polar surface area (TPSA) is 49.4 Å². The molecule has 1 atom stereocenters. The number of carbonyl (C=O) groups excluding carboxylic acids is 2. The van der Waals surface area contributed by atoms with Crippen LogP contribution in [0.15, 0.2) is 16.6 Å². The number of halogens is 2. The Balaban J connectivity index is 2.39. The lowest BCUT2D eigenvalue weighted by Crippen LogP contribution is -2.36. The van der Waals surface area contributed by atoms with Crippen molar-refractivity contribution in [1.29, 1.82) is 0 Å². The molecule has 1 aromatic rings. The molecule has 1 amide bonds. The highest BCUT2D eigenvalue weighted by Gasteiger charge is 2.38. The van der Waals surface area contributed by atoms with Crippen LogP contribution in [-0.2, 0) is 4.79 Å². The fourth-order valence-electron chi connectivity index (χ4n) is 2.25. The van der Waals surface area contributed by atoms with Gasteiger partial charge in [0, 0.05) is 11.0 Å². The second-order valence-corrected chi connectivity index (χ2v) is 5.55. The van der Waals surface area contributed by atoms with Crippen LogP contribution < -0.4 is 10.2 Å². The first-order valence-corrected chi connectivity index (χ1v) is 6.74. The largest absolute Gasteiger partial charge is 0.319 e. The summed E-state index contributed by atoms with van der Waals surface area (Å²) in [5.74, 6) is -1.59. The third-order valence-electron chi connectivity index (χ3n) is 3.03. The van der Waals surface area contributed by atoms with Crippen molar-refractivity contribution in [3.63, 3.8) is 0 Å². The van der Waals surface area contributed by atoms with E-state index in [-0.39, 0.29) is 11.5 Å². The van der Waals surface area contributed by atoms with E-state index in [2.05, 4.69) is 21.2 Å². The van der Waals surface area contributed by atoms with E-state index in [0.717, 1.165) is 12.6 Å². The van der Waals surface area contributed by atoms with Gasteiger partial charge in [0.2, 0.25) is 0 Å². The Morgan fingerprint density at radius 3 is 2.74 bits per heavy atom. The highest BCUT2D eigenvalue weighted by atomic mass is 79.9. The van der Waals surface area contributed by atoms with Crippen molar-refractivity contribution in [2.45, 2.75) is 6.92 Å². The SMILES string of the molecule is CNCC(C)CN1C(=O)C(=O)c2cc(F)cc(Br)c21. The first-order valence-electron chi connectivity index (χ1n) is 5.95. The fourth-order valence-corrected chi connectivity index (χ4v) is 2.90. The first kappa shape index (κ1) is 14.1. The second kappa shape index (κ2) is 5.38. The molecule has 1 aliphatic rings. The molecular weight excluding hydrogens is 315 g/mol. The van der Waals surface area contributed by atoms with Gasteiger partial charge in [-0.2, -0.15) is 0 Å². The molecule has 1 heterocycles. The lowest BCUT2D eigenvalue weighted by atomic mass is 10.1. The second-order valence-electron chi connectivity index (χ2n) is 4.69. The summed E-state index contributed by atoms with van der Waals surface area (Å²) in [6, 6.07) is 2.38. The van der Waals surface area contributed by atoms with Crippen LogP contribution >= 0.6 is 15.9 Å². The van der Waals surface area contributed by atoms with E-state index in [9.17, 15) is 14.0 Å². The molecule has 0 saturated carbocycles. The van der Waals surface area contributed by atoms with E-state index in [0.29, 0.717) is 16.7 Å². The van der Waals surface area contributed by atoms with Crippen LogP contribution in [0.1, 0.15) is 17.3 Å². The zero-order valence-corrected chi connectivity index (χ0v) is 12.3. The molecule has 0 aromatic heterocycles. The summed E-state index contributed by atoms with van der Waals surface area (Å²) < 4.78 is 13.7. The number of nitrogens with zero attached hydrogens (tertiary/aromatic N) is 1. The van der Waals surface area contributed by atoms with Crippen LogP contribution in [0, 0.1) is 11.7 Å². The number of anilines is 1. The number of benzene rings is 1. The summed E-state index contributed by atoms with van der Waals surface area (Å²) in [5, 5.41) is 3.02. The Morgan fingerprint density at radius 2 is 2.11 bits per heavy atom. The van der Waals surface area contributed by atoms with Crippen molar-refractivity contribution in [3.05, 3.63) is 28.0 Å². The van der Waals surface area contributed by atoms with Gasteiger partial charge in [0.05, 0.1) is 11.3 Å². The number of Topliss-reactive ketones (excluding diaryl/α,β-unsaturated/α-hetero) is 1. The van der Waals surface area contributed by atoms with E-state index in [1.54, 1.807) is 0 Å². The van der Waals surface area contributed by atoms with Crippen LogP contribution in [0.25, 0.3) is 0 Å². The van der Waals surface area contributed by atoms with Crippen molar-refractivity contribution < 1.29 is 14.0 Å². The van der Waals surface area contributed by atoms with Gasteiger partial charge in [0.25, 0.3) is 11.7 Å². The molecule has 0 saturated heterocycles. The maximum atomic E-state index is 13.3. The van der Waals surface area contributed by atoms with Crippen LogP contribution in [0.4, 0.5) is 10.1 Å². The number of carbonyl (C=O) groups is 2. The monoisotopic (exact) mass is 328 g/mol. The predicted molar refractivity (Wildman–Crippen MR) is 73.9 cm³/mol. The molecule has 0 fully saturated rings. The van der Waals surface area contributed by atoms with Gasteiger partial charge in [0.15, 0.2) is 0 Å². The Kier molecular flexibility index (Phi) is 4.01. The Bertz CT molecular complexity index is 548. The first-order chi connectivity index (χ1) is 8.95. The van der Waals surface area contributed by atoms with Gasteiger partial charge in [-0.1, -0.05) is 6.92 Å². The molecule has 2 rings (SSSR count). The van der Waals surface area contributed by atoms with Gasteiger partial charge in [-0.05, 0) is 47.6 Å². The standard InChI is InChI=1S/C13H14BrFN2O2/c1-7(5-16-2)6-17-11-9(12(18)13(17)19)3-8(15)4-10(11)14/h3-4,7,16H,5-6H2,1-2H3. The minimum atomic E-state index is -0.646. The summed E-state index contributed by atoms with van der Waals surface area (Å²) in [7, 11) is 1.83. The molecular formula is C13H14BrFN2O2. The number of hydrogen-bond donors (Lipinski definition) is 1. The van der Waals surface area contributed by atoms with E-state index >= 15 is 0 Å². The Morgan fingerprint density at radius 1 is 1.42 bits per heavy atom. The van der Waals surface area contributed by atoms with Gasteiger partial charge in [-0.25, -0.2) is 4.39 Å². The minimum Gasteiger partial charge on any atom is -0.319 e. The predicted octanol–water partition coefficient (Wildman–Crippen LogP) is 1.97. The van der Waals surface area contributed by atoms with Gasteiger partial charge in [0.1, 0.15) is 5.82 Å². The number of nitrogens with one attached hydrogen (secondary N) is 1. The van der Waals surface area contributed by atoms with Crippen molar-refractivity contribution in [1.82, 2.24) is 5.32 Å². The summed E-state index contributed by atoms with van der Waals surface area (Å²) in [5.41, 5.74) is 0.605. The maximum absolute atomic E-state index is 13.3. The average molecular weight is 329 g/mol. The zero-order chi connectivity index (χ0) is 14.2. The summed E-state index contributed by atoms with van der Waals surface area (Å²) in [6.45, 7) is 3.12. The maximum Gasteiger partial charge on any atom is 0.299 e. The van der Waals surface area contributed by atoms with E-state index in [1.807, 2.05) is 14.0 Å². The molecule has 1 aromatic carbocycles. The third kappa shape index (κ3) is 2.55. The lowest BCUT2D eigenvalue weighted by Gasteiger charge is -2.22. The Labute approximate surface area is 119 Å². The van der Waals surface area contributed by atoms with E-state index in [1.165, 1.54) is 11.0 Å². The zero-order valence-electron chi connectivity index (χ0n) is 10.7. The van der Waals surface area contributed by atoms with Gasteiger partial charge >= 0.3 is 0 Å². The summed E-state index contributed by atoms with van der Waals surface area (Å²) >= 11 is 3.22. The average Bonchev–Trinajstić information content (AvgIpc) is 2.55. The molecule has 0 bridgehead atoms. The van der Waals surface area contributed by atoms with Crippen molar-refractivity contribution in [2.75, 3.05) is 25.0 Å². The quantitative estimate of drug-likeness (QED) is 0.860. The number of ketones is 1. The molecule has 4 nitrogen and oxygen atoms in total. The molecule has 0 radical (unpaired) electrons.